The Morgan fingerprint density at radius 3 is 2.88 bits per heavy atom. The van der Waals surface area contributed by atoms with Crippen LogP contribution in [0.5, 0.6) is 0 Å². The third-order valence-corrected chi connectivity index (χ3v) is 7.32. The van der Waals surface area contributed by atoms with E-state index >= 15 is 0 Å². The number of hydrogen-bond donors (Lipinski definition) is 0. The highest BCUT2D eigenvalue weighted by atomic mass is 32.2. The molecule has 0 N–H and O–H groups in total. The fourth-order valence-electron chi connectivity index (χ4n) is 4.23. The van der Waals surface area contributed by atoms with Crippen LogP contribution >= 0.6 is 11.8 Å². The largest absolute Gasteiger partial charge is 0.440 e. The molecule has 2 aromatic rings. The highest BCUT2D eigenvalue weighted by Crippen LogP contribution is 2.52. The quantitative estimate of drug-likeness (QED) is 0.581. The first kappa shape index (κ1) is 17.1. The minimum Gasteiger partial charge on any atom is -0.440 e. The minimum atomic E-state index is 0.667. The molecule has 6 nitrogen and oxygen atoms in total. The Bertz CT molecular complexity index is 742. The fourth-order valence-corrected chi connectivity index (χ4v) is 5.06. The van der Waals surface area contributed by atoms with Gasteiger partial charge in [-0.25, -0.2) is 4.98 Å². The van der Waals surface area contributed by atoms with Gasteiger partial charge in [0.15, 0.2) is 17.3 Å². The van der Waals surface area contributed by atoms with Crippen molar-refractivity contribution in [2.75, 3.05) is 25.4 Å². The lowest BCUT2D eigenvalue weighted by Crippen LogP contribution is -2.41. The molecule has 3 heterocycles. The van der Waals surface area contributed by atoms with E-state index in [0.29, 0.717) is 11.2 Å². The summed E-state index contributed by atoms with van der Waals surface area (Å²) in [5.74, 6) is 3.46. The second-order valence-corrected chi connectivity index (χ2v) is 8.72. The second kappa shape index (κ2) is 6.76. The van der Waals surface area contributed by atoms with Crippen molar-refractivity contribution in [2.45, 2.75) is 44.7 Å². The molecule has 0 aromatic carbocycles. The van der Waals surface area contributed by atoms with E-state index in [4.69, 9.17) is 4.42 Å². The predicted molar refractivity (Wildman–Crippen MR) is 98.5 cm³/mol. The Morgan fingerprint density at radius 1 is 1.36 bits per heavy atom. The number of likely N-dealkylation sites (tertiary alicyclic amines) is 1. The van der Waals surface area contributed by atoms with E-state index in [2.05, 4.69) is 27.0 Å². The lowest BCUT2D eigenvalue weighted by atomic mass is 9.60. The normalized spacial score (nSPS) is 26.4. The van der Waals surface area contributed by atoms with E-state index < -0.39 is 0 Å². The summed E-state index contributed by atoms with van der Waals surface area (Å²) in [6, 6.07) is 0. The van der Waals surface area contributed by atoms with Gasteiger partial charge in [0, 0.05) is 19.3 Å². The van der Waals surface area contributed by atoms with Crippen LogP contribution in [-0.2, 0) is 7.05 Å². The van der Waals surface area contributed by atoms with Crippen LogP contribution in [0.1, 0.15) is 38.3 Å². The van der Waals surface area contributed by atoms with Crippen molar-refractivity contribution in [2.24, 2.45) is 18.4 Å². The Labute approximate surface area is 153 Å². The van der Waals surface area contributed by atoms with Crippen LogP contribution in [0.25, 0.3) is 11.6 Å². The molecular formula is C18H27N5OS. The van der Waals surface area contributed by atoms with Crippen LogP contribution in [0.4, 0.5) is 0 Å². The van der Waals surface area contributed by atoms with Crippen LogP contribution in [0.3, 0.4) is 0 Å². The van der Waals surface area contributed by atoms with Gasteiger partial charge in [-0.3, -0.25) is 0 Å². The molecule has 1 saturated heterocycles. The average molecular weight is 362 g/mol. The fraction of sp³-hybridized carbons (Fsp3) is 0.722. The molecule has 2 atom stereocenters. The van der Waals surface area contributed by atoms with Gasteiger partial charge < -0.3 is 13.9 Å². The highest BCUT2D eigenvalue weighted by Gasteiger charge is 2.47. The number of hydrogen-bond acceptors (Lipinski definition) is 6. The summed E-state index contributed by atoms with van der Waals surface area (Å²) in [7, 11) is 1.99. The number of thioether (sulfide) groups is 1. The molecule has 1 aliphatic heterocycles. The molecule has 0 amide bonds. The smallest absolute Gasteiger partial charge is 0.202 e. The van der Waals surface area contributed by atoms with Gasteiger partial charge in [-0.1, -0.05) is 18.7 Å². The summed E-state index contributed by atoms with van der Waals surface area (Å²) in [4.78, 5) is 6.79. The van der Waals surface area contributed by atoms with Crippen LogP contribution < -0.4 is 0 Å². The van der Waals surface area contributed by atoms with Crippen molar-refractivity contribution in [3.63, 3.8) is 0 Å². The van der Waals surface area contributed by atoms with Crippen molar-refractivity contribution < 1.29 is 4.42 Å². The van der Waals surface area contributed by atoms with E-state index in [0.717, 1.165) is 28.3 Å². The molecule has 2 fully saturated rings. The predicted octanol–water partition coefficient (Wildman–Crippen LogP) is 3.38. The van der Waals surface area contributed by atoms with Crippen LogP contribution in [-0.4, -0.2) is 50.0 Å². The van der Waals surface area contributed by atoms with Gasteiger partial charge in [0.05, 0.1) is 5.69 Å². The van der Waals surface area contributed by atoms with Gasteiger partial charge in [-0.15, -0.1) is 10.2 Å². The lowest BCUT2D eigenvalue weighted by molar-refractivity contribution is 0.0536. The first-order valence-electron chi connectivity index (χ1n) is 9.24. The molecule has 2 aromatic heterocycles. The number of aromatic nitrogens is 4. The van der Waals surface area contributed by atoms with Crippen LogP contribution in [0.2, 0.25) is 0 Å². The van der Waals surface area contributed by atoms with E-state index in [-0.39, 0.29) is 0 Å². The molecule has 1 aliphatic carbocycles. The summed E-state index contributed by atoms with van der Waals surface area (Å²) in [5.41, 5.74) is 1.51. The molecule has 2 aliphatic rings. The molecule has 0 bridgehead atoms. The van der Waals surface area contributed by atoms with Gasteiger partial charge in [-0.2, -0.15) is 0 Å². The molecule has 25 heavy (non-hydrogen) atoms. The van der Waals surface area contributed by atoms with Crippen molar-refractivity contribution in [3.8, 4) is 11.6 Å². The maximum Gasteiger partial charge on any atom is 0.202 e. The Kier molecular flexibility index (Phi) is 4.62. The summed E-state index contributed by atoms with van der Waals surface area (Å²) in [6.07, 6.45) is 6.94. The number of oxazole rings is 1. The number of rotatable bonds is 6. The number of aryl methyl sites for hydroxylation is 1. The molecule has 1 spiro atoms. The molecule has 4 rings (SSSR count). The van der Waals surface area contributed by atoms with Gasteiger partial charge in [0.1, 0.15) is 0 Å². The summed E-state index contributed by atoms with van der Waals surface area (Å²) in [6.45, 7) is 8.16. The summed E-state index contributed by atoms with van der Waals surface area (Å²) < 4.78 is 7.43. The van der Waals surface area contributed by atoms with E-state index in [1.54, 1.807) is 11.8 Å². The third-order valence-electron chi connectivity index (χ3n) is 6.22. The SMILES string of the molecule is Cc1ncoc1-c1nnc(SCCCN2CCC3(CCC3C)C2)n1C. The van der Waals surface area contributed by atoms with Crippen LogP contribution in [0, 0.1) is 18.3 Å². The topological polar surface area (TPSA) is 60.0 Å². The standard InChI is InChI=1S/C18H27N5OS/c1-13-5-6-18(13)7-9-23(11-18)8-4-10-25-17-21-20-16(22(17)3)15-14(2)19-12-24-15/h12-13H,4-11H2,1-3H3. The molecule has 0 radical (unpaired) electrons. The van der Waals surface area contributed by atoms with E-state index in [1.165, 1.54) is 51.7 Å². The zero-order valence-corrected chi connectivity index (χ0v) is 16.2. The molecule has 7 heteroatoms. The van der Waals surface area contributed by atoms with Crippen molar-refractivity contribution in [3.05, 3.63) is 12.1 Å². The Balaban J connectivity index is 1.26. The average Bonchev–Trinajstić information content (AvgIpc) is 3.31. The molecule has 136 valence electrons. The maximum absolute atomic E-state index is 5.43. The highest BCUT2D eigenvalue weighted by molar-refractivity contribution is 7.99. The van der Waals surface area contributed by atoms with E-state index in [9.17, 15) is 0 Å². The molecule has 2 unspecified atom stereocenters. The second-order valence-electron chi connectivity index (χ2n) is 7.66. The maximum atomic E-state index is 5.43. The van der Waals surface area contributed by atoms with Crippen molar-refractivity contribution >= 4 is 11.8 Å². The van der Waals surface area contributed by atoms with Crippen LogP contribution in [0.15, 0.2) is 16.0 Å². The first-order valence-corrected chi connectivity index (χ1v) is 10.2. The zero-order valence-electron chi connectivity index (χ0n) is 15.4. The van der Waals surface area contributed by atoms with Crippen molar-refractivity contribution in [1.82, 2.24) is 24.6 Å². The van der Waals surface area contributed by atoms with Gasteiger partial charge in [-0.05, 0) is 57.0 Å². The first-order chi connectivity index (χ1) is 12.1. The lowest BCUT2D eigenvalue weighted by Gasteiger charge is -2.45. The third kappa shape index (κ3) is 3.12. The summed E-state index contributed by atoms with van der Waals surface area (Å²) in [5, 5.41) is 9.52. The van der Waals surface area contributed by atoms with Crippen molar-refractivity contribution in [1.29, 1.82) is 0 Å². The molecular weight excluding hydrogens is 334 g/mol. The minimum absolute atomic E-state index is 0.667. The summed E-state index contributed by atoms with van der Waals surface area (Å²) >= 11 is 1.78. The molecule has 1 saturated carbocycles. The zero-order chi connectivity index (χ0) is 17.4. The van der Waals surface area contributed by atoms with E-state index in [1.807, 2.05) is 18.5 Å². The van der Waals surface area contributed by atoms with Gasteiger partial charge in [0.25, 0.3) is 0 Å². The number of nitrogens with zero attached hydrogens (tertiary/aromatic N) is 5. The van der Waals surface area contributed by atoms with Gasteiger partial charge >= 0.3 is 0 Å². The Morgan fingerprint density at radius 2 is 2.24 bits per heavy atom. The Hall–Kier alpha value is -1.34. The van der Waals surface area contributed by atoms with Gasteiger partial charge in [0.2, 0.25) is 5.82 Å². The monoisotopic (exact) mass is 361 g/mol.